The third-order valence-corrected chi connectivity index (χ3v) is 2.47. The molecule has 1 saturated heterocycles. The molecule has 0 aromatic carbocycles. The van der Waals surface area contributed by atoms with Crippen LogP contribution in [-0.4, -0.2) is 24.2 Å². The smallest absolute Gasteiger partial charge is 0.126 e. The molecule has 1 aliphatic heterocycles. The third-order valence-electron chi connectivity index (χ3n) is 2.47. The lowest BCUT2D eigenvalue weighted by atomic mass is 10.1. The Morgan fingerprint density at radius 2 is 2.20 bits per heavy atom. The molecule has 0 saturated carbocycles. The Hall–Kier alpha value is -1.60. The number of nitriles is 1. The van der Waals surface area contributed by atoms with Crippen LogP contribution in [0.15, 0.2) is 18.3 Å². The van der Waals surface area contributed by atoms with Crippen molar-refractivity contribution < 1.29 is 4.74 Å². The van der Waals surface area contributed by atoms with Gasteiger partial charge in [-0.25, -0.2) is 4.98 Å². The molecule has 4 heteroatoms. The third kappa shape index (κ3) is 2.67. The second kappa shape index (κ2) is 4.76. The van der Waals surface area contributed by atoms with Crippen LogP contribution in [0.3, 0.4) is 0 Å². The van der Waals surface area contributed by atoms with Gasteiger partial charge in [0.2, 0.25) is 0 Å². The minimum Gasteiger partial charge on any atom is -0.381 e. The highest BCUT2D eigenvalue weighted by atomic mass is 16.5. The minimum atomic E-state index is 0.444. The average Bonchev–Trinajstić information content (AvgIpc) is 2.31. The maximum atomic E-state index is 8.62. The Labute approximate surface area is 88.9 Å². The van der Waals surface area contributed by atoms with Gasteiger partial charge in [-0.2, -0.15) is 5.26 Å². The molecule has 0 amide bonds. The zero-order chi connectivity index (χ0) is 10.5. The van der Waals surface area contributed by atoms with Crippen molar-refractivity contribution in [3.05, 3.63) is 23.9 Å². The molecule has 0 radical (unpaired) electrons. The normalized spacial score (nSPS) is 17.0. The first kappa shape index (κ1) is 9.94. The van der Waals surface area contributed by atoms with Gasteiger partial charge in [0.05, 0.1) is 5.56 Å². The van der Waals surface area contributed by atoms with E-state index in [0.717, 1.165) is 31.9 Å². The highest BCUT2D eigenvalue weighted by Crippen LogP contribution is 2.13. The van der Waals surface area contributed by atoms with Crippen molar-refractivity contribution >= 4 is 5.82 Å². The first-order valence-corrected chi connectivity index (χ1v) is 5.09. The number of nitrogens with zero attached hydrogens (tertiary/aromatic N) is 2. The summed E-state index contributed by atoms with van der Waals surface area (Å²) in [5, 5.41) is 12.0. The molecule has 0 bridgehead atoms. The van der Waals surface area contributed by atoms with Gasteiger partial charge in [0.15, 0.2) is 0 Å². The Balaban J connectivity index is 1.95. The van der Waals surface area contributed by atoms with Crippen LogP contribution in [0.1, 0.15) is 18.4 Å². The van der Waals surface area contributed by atoms with Crippen molar-refractivity contribution in [3.63, 3.8) is 0 Å². The molecule has 2 rings (SSSR count). The fourth-order valence-electron chi connectivity index (χ4n) is 1.60. The van der Waals surface area contributed by atoms with E-state index in [1.807, 2.05) is 12.1 Å². The van der Waals surface area contributed by atoms with Crippen LogP contribution in [0.5, 0.6) is 0 Å². The van der Waals surface area contributed by atoms with E-state index in [1.54, 1.807) is 12.3 Å². The molecule has 1 aliphatic rings. The zero-order valence-electron chi connectivity index (χ0n) is 8.44. The fraction of sp³-hybridized carbons (Fsp3) is 0.455. The summed E-state index contributed by atoms with van der Waals surface area (Å²) < 4.78 is 5.27. The molecule has 2 heterocycles. The van der Waals surface area contributed by atoms with Gasteiger partial charge >= 0.3 is 0 Å². The quantitative estimate of drug-likeness (QED) is 0.792. The summed E-state index contributed by atoms with van der Waals surface area (Å²) in [6.45, 7) is 1.63. The van der Waals surface area contributed by atoms with Crippen LogP contribution < -0.4 is 5.32 Å². The van der Waals surface area contributed by atoms with Gasteiger partial charge < -0.3 is 10.1 Å². The van der Waals surface area contributed by atoms with Gasteiger partial charge in [0.25, 0.3) is 0 Å². The van der Waals surface area contributed by atoms with Crippen LogP contribution in [-0.2, 0) is 4.74 Å². The first-order chi connectivity index (χ1) is 7.38. The van der Waals surface area contributed by atoms with Gasteiger partial charge in [-0.1, -0.05) is 0 Å². The molecule has 0 spiro atoms. The molecule has 4 nitrogen and oxygen atoms in total. The topological polar surface area (TPSA) is 57.9 Å². The molecular formula is C11H13N3O. The Bertz CT molecular complexity index is 349. The van der Waals surface area contributed by atoms with Crippen LogP contribution >= 0.6 is 0 Å². The molecule has 1 aromatic rings. The predicted molar refractivity (Wildman–Crippen MR) is 56.4 cm³/mol. The summed E-state index contributed by atoms with van der Waals surface area (Å²) in [5.74, 6) is 0.834. The summed E-state index contributed by atoms with van der Waals surface area (Å²) in [5.41, 5.74) is 0.590. The fourth-order valence-corrected chi connectivity index (χ4v) is 1.60. The highest BCUT2D eigenvalue weighted by Gasteiger charge is 2.13. The van der Waals surface area contributed by atoms with Crippen molar-refractivity contribution in [2.45, 2.75) is 18.9 Å². The molecule has 0 unspecified atom stereocenters. The van der Waals surface area contributed by atoms with Gasteiger partial charge in [-0.15, -0.1) is 0 Å². The van der Waals surface area contributed by atoms with Gasteiger partial charge in [0.1, 0.15) is 11.9 Å². The van der Waals surface area contributed by atoms with Gasteiger partial charge in [0, 0.05) is 25.5 Å². The van der Waals surface area contributed by atoms with Crippen molar-refractivity contribution in [3.8, 4) is 6.07 Å². The maximum absolute atomic E-state index is 8.62. The van der Waals surface area contributed by atoms with E-state index in [9.17, 15) is 0 Å². The van der Waals surface area contributed by atoms with Crippen LogP contribution in [0.4, 0.5) is 5.82 Å². The number of ether oxygens (including phenoxy) is 1. The molecule has 0 aliphatic carbocycles. The van der Waals surface area contributed by atoms with Gasteiger partial charge in [-0.3, -0.25) is 0 Å². The minimum absolute atomic E-state index is 0.444. The number of anilines is 1. The summed E-state index contributed by atoms with van der Waals surface area (Å²) in [6.07, 6.45) is 3.62. The van der Waals surface area contributed by atoms with Crippen LogP contribution in [0, 0.1) is 11.3 Å². The number of hydrogen-bond acceptors (Lipinski definition) is 4. The Morgan fingerprint density at radius 3 is 2.80 bits per heavy atom. The molecule has 1 aromatic heterocycles. The predicted octanol–water partition coefficient (Wildman–Crippen LogP) is 1.54. The van der Waals surface area contributed by atoms with Crippen molar-refractivity contribution in [1.29, 1.82) is 5.26 Å². The Kier molecular flexibility index (Phi) is 3.15. The Morgan fingerprint density at radius 1 is 1.40 bits per heavy atom. The summed E-state index contributed by atoms with van der Waals surface area (Å²) in [4.78, 5) is 4.17. The summed E-state index contributed by atoms with van der Waals surface area (Å²) in [6, 6.07) is 6.10. The van der Waals surface area contributed by atoms with Gasteiger partial charge in [-0.05, 0) is 25.0 Å². The van der Waals surface area contributed by atoms with Crippen LogP contribution in [0.2, 0.25) is 0 Å². The second-order valence-corrected chi connectivity index (χ2v) is 3.57. The van der Waals surface area contributed by atoms with E-state index in [1.165, 1.54) is 0 Å². The first-order valence-electron chi connectivity index (χ1n) is 5.09. The monoisotopic (exact) mass is 203 g/mol. The summed E-state index contributed by atoms with van der Waals surface area (Å²) >= 11 is 0. The van der Waals surface area contributed by atoms with E-state index < -0.39 is 0 Å². The largest absolute Gasteiger partial charge is 0.381 e. The maximum Gasteiger partial charge on any atom is 0.126 e. The number of aromatic nitrogens is 1. The van der Waals surface area contributed by atoms with E-state index in [4.69, 9.17) is 10.00 Å². The van der Waals surface area contributed by atoms with E-state index in [-0.39, 0.29) is 0 Å². The number of pyridine rings is 1. The lowest BCUT2D eigenvalue weighted by Gasteiger charge is -2.23. The molecule has 15 heavy (non-hydrogen) atoms. The van der Waals surface area contributed by atoms with Crippen LogP contribution in [0.25, 0.3) is 0 Å². The lowest BCUT2D eigenvalue weighted by molar-refractivity contribution is 0.0904. The highest BCUT2D eigenvalue weighted by molar-refractivity contribution is 5.39. The van der Waals surface area contributed by atoms with E-state index >= 15 is 0 Å². The molecule has 1 N–H and O–H groups in total. The number of hydrogen-bond donors (Lipinski definition) is 1. The standard InChI is InChI=1S/C11H13N3O/c12-7-9-1-2-11(13-8-9)14-10-3-5-15-6-4-10/h1-2,8,10H,3-6H2,(H,13,14). The van der Waals surface area contributed by atoms with E-state index in [2.05, 4.69) is 10.3 Å². The van der Waals surface area contributed by atoms with Crippen molar-refractivity contribution in [2.75, 3.05) is 18.5 Å². The SMILES string of the molecule is N#Cc1ccc(NC2CCOCC2)nc1. The van der Waals surface area contributed by atoms with E-state index in [0.29, 0.717) is 11.6 Å². The zero-order valence-corrected chi connectivity index (χ0v) is 8.44. The molecule has 0 atom stereocenters. The molecule has 78 valence electrons. The lowest BCUT2D eigenvalue weighted by Crippen LogP contribution is -2.28. The average molecular weight is 203 g/mol. The molecular weight excluding hydrogens is 190 g/mol. The summed E-state index contributed by atoms with van der Waals surface area (Å²) in [7, 11) is 0. The molecule has 1 fully saturated rings. The second-order valence-electron chi connectivity index (χ2n) is 3.57. The number of nitrogens with one attached hydrogen (secondary N) is 1. The van der Waals surface area contributed by atoms with Crippen molar-refractivity contribution in [2.24, 2.45) is 0 Å². The van der Waals surface area contributed by atoms with Crippen molar-refractivity contribution in [1.82, 2.24) is 4.98 Å². The number of rotatable bonds is 2.